The van der Waals surface area contributed by atoms with Crippen LogP contribution in [0.5, 0.6) is 5.75 Å². The zero-order valence-corrected chi connectivity index (χ0v) is 16.7. The molecule has 1 heterocycles. The topological polar surface area (TPSA) is 45.6 Å². The molecule has 1 aromatic heterocycles. The van der Waals surface area contributed by atoms with E-state index in [1.54, 1.807) is 7.11 Å². The van der Waals surface area contributed by atoms with E-state index in [4.69, 9.17) is 21.3 Å². The third-order valence-corrected chi connectivity index (χ3v) is 5.11. The summed E-state index contributed by atoms with van der Waals surface area (Å²) in [5.74, 6) is 0.796. The lowest BCUT2D eigenvalue weighted by atomic mass is 9.99. The number of rotatable bonds is 7. The maximum atomic E-state index is 11.0. The van der Waals surface area contributed by atoms with Crippen LogP contribution in [-0.2, 0) is 0 Å². The Bertz CT molecular complexity index is 908. The van der Waals surface area contributed by atoms with Crippen molar-refractivity contribution in [3.8, 4) is 17.0 Å². The Kier molecular flexibility index (Phi) is 6.32. The number of pyridine rings is 1. The predicted molar refractivity (Wildman–Crippen MR) is 111 cm³/mol. The van der Waals surface area contributed by atoms with Gasteiger partial charge in [-0.05, 0) is 61.1 Å². The molecule has 0 radical (unpaired) electrons. The van der Waals surface area contributed by atoms with Crippen LogP contribution in [0, 0.1) is 0 Å². The van der Waals surface area contributed by atoms with E-state index in [1.165, 1.54) is 0 Å². The fourth-order valence-electron chi connectivity index (χ4n) is 3.24. The fourth-order valence-corrected chi connectivity index (χ4v) is 3.40. The third kappa shape index (κ3) is 4.41. The summed E-state index contributed by atoms with van der Waals surface area (Å²) in [4.78, 5) is 6.98. The summed E-state index contributed by atoms with van der Waals surface area (Å²) < 4.78 is 5.24. The number of aliphatic hydroxyl groups excluding tert-OH is 1. The standard InChI is InChI=1S/C22H25ClN2O2/c1-4-25(5-2)14-22(26)19-13-20(15-6-9-17(27-3)10-7-15)24-21-12-16(23)8-11-18(19)21/h6-13,22,26H,4-5,14H2,1-3H3/t22-/m0/s1. The molecule has 0 aliphatic heterocycles. The van der Waals surface area contributed by atoms with Crippen LogP contribution >= 0.6 is 11.6 Å². The van der Waals surface area contributed by atoms with Crippen LogP contribution in [0.25, 0.3) is 22.2 Å². The number of fused-ring (bicyclic) bond motifs is 1. The summed E-state index contributed by atoms with van der Waals surface area (Å²) >= 11 is 6.19. The second-order valence-corrected chi connectivity index (χ2v) is 6.92. The molecule has 3 aromatic rings. The van der Waals surface area contributed by atoms with Crippen LogP contribution in [-0.4, -0.2) is 41.7 Å². The minimum atomic E-state index is -0.603. The molecule has 27 heavy (non-hydrogen) atoms. The summed E-state index contributed by atoms with van der Waals surface area (Å²) in [5.41, 5.74) is 3.42. The highest BCUT2D eigenvalue weighted by molar-refractivity contribution is 6.31. The zero-order valence-electron chi connectivity index (χ0n) is 15.9. The van der Waals surface area contributed by atoms with E-state index in [0.717, 1.165) is 46.6 Å². The number of likely N-dealkylation sites (N-methyl/N-ethyl adjacent to an activating group) is 1. The van der Waals surface area contributed by atoms with Crippen molar-refractivity contribution in [3.05, 3.63) is 59.1 Å². The number of halogens is 1. The van der Waals surface area contributed by atoms with E-state index in [2.05, 4.69) is 18.7 Å². The van der Waals surface area contributed by atoms with Gasteiger partial charge in [0, 0.05) is 22.5 Å². The van der Waals surface area contributed by atoms with Gasteiger partial charge < -0.3 is 14.7 Å². The van der Waals surface area contributed by atoms with E-state index in [1.807, 2.05) is 48.5 Å². The molecule has 5 heteroatoms. The molecular formula is C22H25ClN2O2. The molecule has 0 aliphatic carbocycles. The van der Waals surface area contributed by atoms with Gasteiger partial charge in [-0.1, -0.05) is 31.5 Å². The Morgan fingerprint density at radius 3 is 2.41 bits per heavy atom. The Labute approximate surface area is 165 Å². The number of benzene rings is 2. The second-order valence-electron chi connectivity index (χ2n) is 6.49. The van der Waals surface area contributed by atoms with Gasteiger partial charge in [0.2, 0.25) is 0 Å². The molecule has 0 aliphatic rings. The zero-order chi connectivity index (χ0) is 19.4. The van der Waals surface area contributed by atoms with E-state index < -0.39 is 6.10 Å². The summed E-state index contributed by atoms with van der Waals surface area (Å²) in [6.07, 6.45) is -0.603. The van der Waals surface area contributed by atoms with Crippen LogP contribution in [0.2, 0.25) is 5.02 Å². The third-order valence-electron chi connectivity index (χ3n) is 4.87. The van der Waals surface area contributed by atoms with Gasteiger partial charge in [0.15, 0.2) is 0 Å². The van der Waals surface area contributed by atoms with Gasteiger partial charge in [-0.25, -0.2) is 4.98 Å². The average molecular weight is 385 g/mol. The number of ether oxygens (including phenoxy) is 1. The molecule has 4 nitrogen and oxygen atoms in total. The normalized spacial score (nSPS) is 12.5. The van der Waals surface area contributed by atoms with Crippen LogP contribution < -0.4 is 4.74 Å². The van der Waals surface area contributed by atoms with Crippen molar-refractivity contribution in [2.45, 2.75) is 20.0 Å². The second kappa shape index (κ2) is 8.70. The molecule has 2 aromatic carbocycles. The van der Waals surface area contributed by atoms with Crippen molar-refractivity contribution < 1.29 is 9.84 Å². The van der Waals surface area contributed by atoms with Crippen molar-refractivity contribution in [1.29, 1.82) is 0 Å². The van der Waals surface area contributed by atoms with Gasteiger partial charge >= 0.3 is 0 Å². The van der Waals surface area contributed by atoms with Gasteiger partial charge in [-0.3, -0.25) is 0 Å². The summed E-state index contributed by atoms with van der Waals surface area (Å²) in [6.45, 7) is 6.57. The largest absolute Gasteiger partial charge is 0.497 e. The molecule has 0 spiro atoms. The first-order chi connectivity index (χ1) is 13.0. The summed E-state index contributed by atoms with van der Waals surface area (Å²) in [6, 6.07) is 15.4. The lowest BCUT2D eigenvalue weighted by Crippen LogP contribution is -2.28. The first-order valence-corrected chi connectivity index (χ1v) is 9.58. The van der Waals surface area contributed by atoms with Gasteiger partial charge in [0.25, 0.3) is 0 Å². The van der Waals surface area contributed by atoms with Crippen molar-refractivity contribution >= 4 is 22.5 Å². The Morgan fingerprint density at radius 2 is 1.78 bits per heavy atom. The Balaban J connectivity index is 2.09. The smallest absolute Gasteiger partial charge is 0.118 e. The number of hydrogen-bond donors (Lipinski definition) is 1. The number of hydrogen-bond acceptors (Lipinski definition) is 4. The quantitative estimate of drug-likeness (QED) is 0.626. The predicted octanol–water partition coefficient (Wildman–Crippen LogP) is 4.94. The van der Waals surface area contributed by atoms with E-state index in [0.29, 0.717) is 11.6 Å². The van der Waals surface area contributed by atoms with Crippen LogP contribution in [0.15, 0.2) is 48.5 Å². The highest BCUT2D eigenvalue weighted by atomic mass is 35.5. The molecule has 1 N–H and O–H groups in total. The molecule has 0 bridgehead atoms. The van der Waals surface area contributed by atoms with Gasteiger partial charge in [-0.2, -0.15) is 0 Å². The first-order valence-electron chi connectivity index (χ1n) is 9.20. The lowest BCUT2D eigenvalue weighted by molar-refractivity contribution is 0.120. The van der Waals surface area contributed by atoms with E-state index >= 15 is 0 Å². The van der Waals surface area contributed by atoms with Crippen LogP contribution in [0.3, 0.4) is 0 Å². The molecule has 1 atom stereocenters. The molecular weight excluding hydrogens is 360 g/mol. The molecule has 0 saturated heterocycles. The number of aliphatic hydroxyl groups is 1. The van der Waals surface area contributed by atoms with Crippen molar-refractivity contribution in [2.75, 3.05) is 26.7 Å². The first kappa shape index (κ1) is 19.6. The number of methoxy groups -OCH3 is 1. The van der Waals surface area contributed by atoms with Crippen molar-refractivity contribution in [2.24, 2.45) is 0 Å². The van der Waals surface area contributed by atoms with Gasteiger partial charge in [-0.15, -0.1) is 0 Å². The van der Waals surface area contributed by atoms with Gasteiger partial charge in [0.05, 0.1) is 24.4 Å². The van der Waals surface area contributed by atoms with Crippen molar-refractivity contribution in [3.63, 3.8) is 0 Å². The SMILES string of the molecule is CCN(CC)C[C@H](O)c1cc(-c2ccc(OC)cc2)nc2cc(Cl)ccc12. The van der Waals surface area contributed by atoms with E-state index in [-0.39, 0.29) is 0 Å². The highest BCUT2D eigenvalue weighted by Crippen LogP contribution is 2.31. The monoisotopic (exact) mass is 384 g/mol. The lowest BCUT2D eigenvalue weighted by Gasteiger charge is -2.23. The molecule has 0 unspecified atom stereocenters. The van der Waals surface area contributed by atoms with Crippen LogP contribution in [0.1, 0.15) is 25.5 Å². The van der Waals surface area contributed by atoms with E-state index in [9.17, 15) is 5.11 Å². The minimum absolute atomic E-state index is 0.580. The maximum absolute atomic E-state index is 11.0. The Hall–Kier alpha value is -2.14. The number of nitrogens with zero attached hydrogens (tertiary/aromatic N) is 2. The van der Waals surface area contributed by atoms with Crippen molar-refractivity contribution in [1.82, 2.24) is 9.88 Å². The molecule has 0 fully saturated rings. The molecule has 142 valence electrons. The summed E-state index contributed by atoms with van der Waals surface area (Å²) in [5, 5.41) is 12.5. The molecule has 0 amide bonds. The molecule has 3 rings (SSSR count). The van der Waals surface area contributed by atoms with Gasteiger partial charge in [0.1, 0.15) is 5.75 Å². The highest BCUT2D eigenvalue weighted by Gasteiger charge is 2.17. The maximum Gasteiger partial charge on any atom is 0.118 e. The fraction of sp³-hybridized carbons (Fsp3) is 0.318. The Morgan fingerprint density at radius 1 is 1.07 bits per heavy atom. The molecule has 0 saturated carbocycles. The number of aromatic nitrogens is 1. The summed E-state index contributed by atoms with van der Waals surface area (Å²) in [7, 11) is 1.65. The van der Waals surface area contributed by atoms with Crippen LogP contribution in [0.4, 0.5) is 0 Å². The minimum Gasteiger partial charge on any atom is -0.497 e. The average Bonchev–Trinajstić information content (AvgIpc) is 2.70.